The van der Waals surface area contributed by atoms with E-state index in [4.69, 9.17) is 0 Å². The zero-order valence-electron chi connectivity index (χ0n) is 15.2. The van der Waals surface area contributed by atoms with Crippen LogP contribution in [-0.2, 0) is 37.0 Å². The van der Waals surface area contributed by atoms with E-state index in [9.17, 15) is 0 Å². The minimum Gasteiger partial charge on any atom is -0.461 e. The average Bonchev–Trinajstić information content (AvgIpc) is 3.07. The Bertz CT molecular complexity index is 582. The summed E-state index contributed by atoms with van der Waals surface area (Å²) in [6.07, 6.45) is 0. The summed E-state index contributed by atoms with van der Waals surface area (Å²) in [5.41, 5.74) is 1.07. The largest absolute Gasteiger partial charge is 0.461 e. The zero-order valence-corrected chi connectivity index (χ0v) is 19.4. The monoisotopic (exact) mass is 420 g/mol. The maximum absolute atomic E-state index is 2.37. The average molecular weight is 422 g/mol. The maximum atomic E-state index is 2.37. The molecular weight excluding hydrogens is 393 g/mol. The van der Waals surface area contributed by atoms with Crippen molar-refractivity contribution in [3.8, 4) is 0 Å². The Hall–Kier alpha value is -0.0769. The molecule has 0 aliphatic heterocycles. The predicted octanol–water partition coefficient (Wildman–Crippen LogP) is 7.69. The molecule has 0 aliphatic rings. The summed E-state index contributed by atoms with van der Waals surface area (Å²) in [7, 11) is 0.783. The van der Waals surface area contributed by atoms with Crippen molar-refractivity contribution >= 4 is 14.0 Å². The summed E-state index contributed by atoms with van der Waals surface area (Å²) in [6.45, 7) is 14.2. The van der Waals surface area contributed by atoms with Gasteiger partial charge in [0.25, 0.3) is 0 Å². The van der Waals surface area contributed by atoms with Crippen LogP contribution in [0.4, 0.5) is 0 Å². The van der Waals surface area contributed by atoms with E-state index in [0.717, 1.165) is 0 Å². The quantitative estimate of drug-likeness (QED) is 0.255. The summed E-state index contributed by atoms with van der Waals surface area (Å²) in [5, 5.41) is 3.88. The number of fused-ring (bicyclic) bond motifs is 1. The summed E-state index contributed by atoms with van der Waals surface area (Å²) in [6, 6.07) is 20.0. The molecule has 4 rings (SSSR count). The van der Waals surface area contributed by atoms with Gasteiger partial charge in [-0.1, -0.05) is 41.5 Å². The van der Waals surface area contributed by atoms with Crippen molar-refractivity contribution in [3.63, 3.8) is 0 Å². The second-order valence-corrected chi connectivity index (χ2v) is 13.8. The normalized spacial score (nSPS) is 13.1. The van der Waals surface area contributed by atoms with Crippen LogP contribution in [0, 0.1) is 0 Å². The van der Waals surface area contributed by atoms with Gasteiger partial charge < -0.3 is 24.1 Å². The van der Waals surface area contributed by atoms with Gasteiger partial charge in [-0.3, -0.25) is 0 Å². The summed E-state index contributed by atoms with van der Waals surface area (Å²) in [4.78, 5) is 0. The van der Waals surface area contributed by atoms with Crippen LogP contribution in [0.15, 0.2) is 60.7 Å². The number of rotatable bonds is 0. The van der Waals surface area contributed by atoms with Gasteiger partial charge in [-0.2, -0.15) is 36.4 Å². The molecule has 3 heteroatoms. The Balaban J connectivity index is 0.000000200. The molecule has 4 aromatic rings. The van der Waals surface area contributed by atoms with Gasteiger partial charge in [-0.15, -0.1) is 10.8 Å². The third-order valence-corrected chi connectivity index (χ3v) is 12.1. The summed E-state index contributed by atoms with van der Waals surface area (Å²) in [5.74, 6) is 0. The Labute approximate surface area is 162 Å². The summed E-state index contributed by atoms with van der Waals surface area (Å²) < 4.78 is 0. The molecule has 0 bridgehead atoms. The van der Waals surface area contributed by atoms with Crippen LogP contribution in [-0.4, -0.2) is 0 Å². The van der Waals surface area contributed by atoms with E-state index in [1.807, 2.05) is 70.7 Å². The maximum Gasteiger partial charge on any atom is 0 e. The van der Waals surface area contributed by atoms with Crippen molar-refractivity contribution in [1.29, 1.82) is 0 Å². The van der Waals surface area contributed by atoms with Gasteiger partial charge in [0.1, 0.15) is 0 Å². The van der Waals surface area contributed by atoms with Crippen LogP contribution in [0.25, 0.3) is 0 Å². The fourth-order valence-corrected chi connectivity index (χ4v) is 13.3. The SMILES string of the molecule is CC(C)(C)[c-]1p2[c-](C(C)(C)C)p12.[Zr].c1cc[cH-]c1.c1cc[cH-]c1. The van der Waals surface area contributed by atoms with Gasteiger partial charge in [0.2, 0.25) is 0 Å². The number of hydrogen-bond acceptors (Lipinski definition) is 0. The van der Waals surface area contributed by atoms with Gasteiger partial charge in [0.15, 0.2) is 0 Å². The number of hydrogen-bond donors (Lipinski definition) is 0. The van der Waals surface area contributed by atoms with Crippen molar-refractivity contribution < 1.29 is 26.2 Å². The zero-order chi connectivity index (χ0) is 16.4. The van der Waals surface area contributed by atoms with Gasteiger partial charge >= 0.3 is 0 Å². The molecule has 0 spiro atoms. The molecule has 0 radical (unpaired) electrons. The fraction of sp³-hybridized carbons (Fsp3) is 0.400. The predicted molar refractivity (Wildman–Crippen MR) is 104 cm³/mol. The molecule has 2 heterocycles. The van der Waals surface area contributed by atoms with E-state index < -0.39 is 0 Å². The van der Waals surface area contributed by atoms with E-state index in [2.05, 4.69) is 41.5 Å². The van der Waals surface area contributed by atoms with Crippen LogP contribution in [0.5, 0.6) is 0 Å². The first-order valence-electron chi connectivity index (χ1n) is 7.93. The van der Waals surface area contributed by atoms with E-state index in [0.29, 0.717) is 24.9 Å². The third-order valence-electron chi connectivity index (χ3n) is 3.38. The molecule has 0 unspecified atom stereocenters. The van der Waals surface area contributed by atoms with E-state index in [1.54, 1.807) is 0 Å². The van der Waals surface area contributed by atoms with Crippen molar-refractivity contribution in [3.05, 3.63) is 70.7 Å². The Kier molecular flexibility index (Phi) is 7.60. The minimum atomic E-state index is 0. The molecule has 0 fully saturated rings. The molecule has 126 valence electrons. The summed E-state index contributed by atoms with van der Waals surface area (Å²) >= 11 is 0. The topological polar surface area (TPSA) is 0 Å². The van der Waals surface area contributed by atoms with Crippen molar-refractivity contribution in [2.45, 2.75) is 52.4 Å². The smallest absolute Gasteiger partial charge is 0 e. The Morgan fingerprint density at radius 3 is 1.00 bits per heavy atom. The van der Waals surface area contributed by atoms with Crippen LogP contribution >= 0.6 is 14.0 Å². The first-order chi connectivity index (χ1) is 10.2. The van der Waals surface area contributed by atoms with Crippen LogP contribution in [0.1, 0.15) is 51.6 Å². The van der Waals surface area contributed by atoms with Gasteiger partial charge in [0.05, 0.1) is 0 Å². The van der Waals surface area contributed by atoms with Gasteiger partial charge in [-0.05, 0) is 0 Å². The molecule has 0 saturated heterocycles. The van der Waals surface area contributed by atoms with E-state index >= 15 is 0 Å². The Morgan fingerprint density at radius 2 is 0.870 bits per heavy atom. The minimum absolute atomic E-state index is 0. The molecule has 0 N–H and O–H groups in total. The van der Waals surface area contributed by atoms with Crippen LogP contribution in [0.2, 0.25) is 0 Å². The van der Waals surface area contributed by atoms with E-state index in [1.165, 1.54) is 0 Å². The van der Waals surface area contributed by atoms with Crippen molar-refractivity contribution in [2.24, 2.45) is 0 Å². The van der Waals surface area contributed by atoms with Crippen LogP contribution in [0.3, 0.4) is 0 Å². The standard InChI is InChI=1S/C10H18P2.2C5H5.Zr/c1-9(2,3)7-11-8(12(7)11)10(4,5)6;2*1-2-4-5-3-1;/h1-6H3;2*1-5H;/q-2;2*-1;. The molecule has 23 heavy (non-hydrogen) atoms. The van der Waals surface area contributed by atoms with Crippen molar-refractivity contribution in [1.82, 2.24) is 0 Å². The molecule has 0 aliphatic carbocycles. The first kappa shape index (κ1) is 21.0. The molecular formula is C20H28P2Zr-4. The van der Waals surface area contributed by atoms with Crippen molar-refractivity contribution in [2.75, 3.05) is 0 Å². The Morgan fingerprint density at radius 1 is 0.609 bits per heavy atom. The second-order valence-electron chi connectivity index (χ2n) is 7.70. The molecule has 2 aromatic carbocycles. The van der Waals surface area contributed by atoms with Gasteiger partial charge in [-0.25, -0.2) is 24.3 Å². The van der Waals surface area contributed by atoms with Crippen LogP contribution < -0.4 is 0 Å². The molecule has 0 saturated carbocycles. The van der Waals surface area contributed by atoms with E-state index in [-0.39, 0.29) is 26.2 Å². The molecule has 0 atom stereocenters. The first-order valence-corrected chi connectivity index (χ1v) is 11.3. The molecule has 0 nitrogen and oxygen atoms in total. The second kappa shape index (κ2) is 8.34. The van der Waals surface area contributed by atoms with Gasteiger partial charge in [0, 0.05) is 26.2 Å². The molecule has 2 aromatic heterocycles. The fourth-order valence-electron chi connectivity index (χ4n) is 2.36. The molecule has 0 amide bonds. The third kappa shape index (κ3) is 6.05.